The summed E-state index contributed by atoms with van der Waals surface area (Å²) in [5.41, 5.74) is 0.725. The highest BCUT2D eigenvalue weighted by Crippen LogP contribution is 2.35. The Morgan fingerprint density at radius 3 is 2.75 bits per heavy atom. The molecule has 1 aromatic heterocycles. The highest BCUT2D eigenvalue weighted by atomic mass is 79.9. The molecular formula is C15H13BrO4. The number of furan rings is 1. The molecule has 0 unspecified atom stereocenters. The van der Waals surface area contributed by atoms with Crippen molar-refractivity contribution >= 4 is 27.8 Å². The Balaban J connectivity index is 2.23. The first-order valence-corrected chi connectivity index (χ1v) is 6.66. The van der Waals surface area contributed by atoms with E-state index < -0.39 is 0 Å². The van der Waals surface area contributed by atoms with Gasteiger partial charge in [-0.1, -0.05) is 6.08 Å². The van der Waals surface area contributed by atoms with Crippen molar-refractivity contribution in [1.82, 2.24) is 0 Å². The van der Waals surface area contributed by atoms with Gasteiger partial charge in [0.2, 0.25) is 5.78 Å². The van der Waals surface area contributed by atoms with Gasteiger partial charge < -0.3 is 14.3 Å². The second-order valence-corrected chi connectivity index (χ2v) is 5.02. The van der Waals surface area contributed by atoms with Gasteiger partial charge in [0.05, 0.1) is 11.6 Å². The number of hydrogen-bond donors (Lipinski definition) is 1. The number of hydrogen-bond acceptors (Lipinski definition) is 4. The molecule has 1 aromatic carbocycles. The second-order valence-electron chi connectivity index (χ2n) is 4.16. The fourth-order valence-electron chi connectivity index (χ4n) is 1.67. The lowest BCUT2D eigenvalue weighted by Crippen LogP contribution is -1.91. The number of carbonyl (C=O) groups excluding carboxylic acids is 1. The highest BCUT2D eigenvalue weighted by molar-refractivity contribution is 9.10. The summed E-state index contributed by atoms with van der Waals surface area (Å²) >= 11 is 3.23. The summed E-state index contributed by atoms with van der Waals surface area (Å²) in [4.78, 5) is 11.9. The summed E-state index contributed by atoms with van der Waals surface area (Å²) < 4.78 is 10.8. The summed E-state index contributed by atoms with van der Waals surface area (Å²) in [5.74, 6) is 1.12. The Labute approximate surface area is 124 Å². The summed E-state index contributed by atoms with van der Waals surface area (Å²) in [6.45, 7) is 1.78. The van der Waals surface area contributed by atoms with Crippen LogP contribution in [0.15, 0.2) is 39.2 Å². The number of phenols is 1. The summed E-state index contributed by atoms with van der Waals surface area (Å²) in [6, 6.07) is 6.70. The highest BCUT2D eigenvalue weighted by Gasteiger charge is 2.09. The maximum atomic E-state index is 11.9. The van der Waals surface area contributed by atoms with Gasteiger partial charge in [0.25, 0.3) is 0 Å². The first kappa shape index (κ1) is 14.4. The molecule has 20 heavy (non-hydrogen) atoms. The van der Waals surface area contributed by atoms with Gasteiger partial charge in [-0.05, 0) is 58.8 Å². The van der Waals surface area contributed by atoms with E-state index in [4.69, 9.17) is 9.15 Å². The number of carbonyl (C=O) groups is 1. The van der Waals surface area contributed by atoms with Crippen LogP contribution in [0.2, 0.25) is 0 Å². The first-order chi connectivity index (χ1) is 9.51. The van der Waals surface area contributed by atoms with Crippen LogP contribution in [0.1, 0.15) is 21.9 Å². The van der Waals surface area contributed by atoms with Crippen molar-refractivity contribution in [2.75, 3.05) is 7.11 Å². The van der Waals surface area contributed by atoms with Crippen molar-refractivity contribution in [2.24, 2.45) is 0 Å². The lowest BCUT2D eigenvalue weighted by Gasteiger charge is -2.06. The molecule has 2 rings (SSSR count). The van der Waals surface area contributed by atoms with Crippen LogP contribution in [0.5, 0.6) is 11.5 Å². The number of rotatable bonds is 4. The molecule has 0 saturated carbocycles. The Kier molecular flexibility index (Phi) is 4.29. The molecule has 0 bridgehead atoms. The average Bonchev–Trinajstić information content (AvgIpc) is 2.86. The molecule has 2 aromatic rings. The standard InChI is InChI=1S/C15H13BrO4/c1-9-3-6-13(20-9)12(17)5-4-10-7-11(16)15(18)14(8-10)19-2/h3-8,18H,1-2H3/b5-4-. The predicted molar refractivity (Wildman–Crippen MR) is 79.2 cm³/mol. The van der Waals surface area contributed by atoms with E-state index in [0.29, 0.717) is 21.7 Å². The van der Waals surface area contributed by atoms with Crippen LogP contribution in [-0.2, 0) is 0 Å². The number of phenolic OH excluding ortho intramolecular Hbond substituents is 1. The average molecular weight is 337 g/mol. The minimum atomic E-state index is -0.221. The third kappa shape index (κ3) is 3.11. The van der Waals surface area contributed by atoms with Gasteiger partial charge in [-0.2, -0.15) is 0 Å². The van der Waals surface area contributed by atoms with E-state index in [1.165, 1.54) is 13.2 Å². The number of methoxy groups -OCH3 is 1. The second kappa shape index (κ2) is 5.96. The molecule has 0 aliphatic heterocycles. The van der Waals surface area contributed by atoms with Gasteiger partial charge in [0.15, 0.2) is 17.3 Å². The normalized spacial score (nSPS) is 10.9. The molecule has 0 saturated heterocycles. The number of aryl methyl sites for hydroxylation is 1. The molecule has 1 N–H and O–H groups in total. The van der Waals surface area contributed by atoms with Crippen LogP contribution in [0.4, 0.5) is 0 Å². The van der Waals surface area contributed by atoms with Crippen molar-refractivity contribution in [1.29, 1.82) is 0 Å². The van der Waals surface area contributed by atoms with Crippen molar-refractivity contribution < 1.29 is 19.1 Å². The maximum absolute atomic E-state index is 11.9. The zero-order valence-electron chi connectivity index (χ0n) is 11.0. The van der Waals surface area contributed by atoms with Gasteiger partial charge >= 0.3 is 0 Å². The minimum absolute atomic E-state index is 0.0256. The molecule has 104 valence electrons. The van der Waals surface area contributed by atoms with Gasteiger partial charge in [-0.15, -0.1) is 0 Å². The minimum Gasteiger partial charge on any atom is -0.503 e. The third-order valence-corrected chi connectivity index (χ3v) is 3.29. The summed E-state index contributed by atoms with van der Waals surface area (Å²) in [5, 5.41) is 9.70. The van der Waals surface area contributed by atoms with E-state index in [0.717, 1.165) is 5.56 Å². The molecule has 5 heteroatoms. The van der Waals surface area contributed by atoms with Crippen LogP contribution in [-0.4, -0.2) is 18.0 Å². The van der Waals surface area contributed by atoms with Crippen LogP contribution < -0.4 is 4.74 Å². The van der Waals surface area contributed by atoms with Crippen LogP contribution in [0.3, 0.4) is 0 Å². The van der Waals surface area contributed by atoms with Gasteiger partial charge in [-0.25, -0.2) is 0 Å². The lowest BCUT2D eigenvalue weighted by atomic mass is 10.1. The molecule has 0 amide bonds. The Morgan fingerprint density at radius 1 is 1.40 bits per heavy atom. The maximum Gasteiger partial charge on any atom is 0.221 e. The molecule has 0 fully saturated rings. The van der Waals surface area contributed by atoms with Gasteiger partial charge in [0.1, 0.15) is 5.76 Å². The van der Waals surface area contributed by atoms with Gasteiger partial charge in [0, 0.05) is 0 Å². The molecule has 0 aliphatic rings. The summed E-state index contributed by atoms with van der Waals surface area (Å²) in [6.07, 6.45) is 3.05. The number of allylic oxidation sites excluding steroid dienone is 1. The fraction of sp³-hybridized carbons (Fsp3) is 0.133. The van der Waals surface area contributed by atoms with E-state index in [1.54, 1.807) is 37.3 Å². The number of benzene rings is 1. The zero-order chi connectivity index (χ0) is 14.7. The molecule has 4 nitrogen and oxygen atoms in total. The Hall–Kier alpha value is -2.01. The number of halogens is 1. The third-order valence-electron chi connectivity index (χ3n) is 2.68. The summed E-state index contributed by atoms with van der Waals surface area (Å²) in [7, 11) is 1.46. The number of ketones is 1. The molecular weight excluding hydrogens is 324 g/mol. The van der Waals surface area contributed by atoms with Crippen molar-refractivity contribution in [2.45, 2.75) is 6.92 Å². The molecule has 0 radical (unpaired) electrons. The topological polar surface area (TPSA) is 59.7 Å². The number of ether oxygens (including phenoxy) is 1. The van der Waals surface area contributed by atoms with Crippen LogP contribution in [0, 0.1) is 6.92 Å². The predicted octanol–water partition coefficient (Wildman–Crippen LogP) is 3.96. The molecule has 0 spiro atoms. The van der Waals surface area contributed by atoms with Crippen molar-refractivity contribution in [3.8, 4) is 11.5 Å². The Morgan fingerprint density at radius 2 is 2.15 bits per heavy atom. The van der Waals surface area contributed by atoms with E-state index in [2.05, 4.69) is 15.9 Å². The largest absolute Gasteiger partial charge is 0.503 e. The van der Waals surface area contributed by atoms with Crippen LogP contribution in [0.25, 0.3) is 6.08 Å². The van der Waals surface area contributed by atoms with Crippen LogP contribution >= 0.6 is 15.9 Å². The monoisotopic (exact) mass is 336 g/mol. The zero-order valence-corrected chi connectivity index (χ0v) is 12.6. The SMILES string of the molecule is COc1cc(/C=C\C(=O)c2ccc(C)o2)cc(Br)c1O. The Bertz CT molecular complexity index is 671. The van der Waals surface area contributed by atoms with E-state index in [1.807, 2.05) is 0 Å². The van der Waals surface area contributed by atoms with E-state index in [9.17, 15) is 9.90 Å². The van der Waals surface area contributed by atoms with Crippen molar-refractivity contribution in [3.05, 3.63) is 51.9 Å². The smallest absolute Gasteiger partial charge is 0.221 e. The molecule has 1 heterocycles. The van der Waals surface area contributed by atoms with Crippen molar-refractivity contribution in [3.63, 3.8) is 0 Å². The first-order valence-electron chi connectivity index (χ1n) is 5.86. The lowest BCUT2D eigenvalue weighted by molar-refractivity contribution is 0.102. The van der Waals surface area contributed by atoms with E-state index >= 15 is 0 Å². The van der Waals surface area contributed by atoms with Gasteiger partial charge in [-0.3, -0.25) is 4.79 Å². The number of aromatic hydroxyl groups is 1. The molecule has 0 atom stereocenters. The molecule has 0 aliphatic carbocycles. The quantitative estimate of drug-likeness (QED) is 0.678. The van der Waals surface area contributed by atoms with E-state index in [-0.39, 0.29) is 11.5 Å². The fourth-order valence-corrected chi connectivity index (χ4v) is 2.13.